The Labute approximate surface area is 193 Å². The Bertz CT molecular complexity index is 1260. The molecule has 0 unspecified atom stereocenters. The van der Waals surface area contributed by atoms with Gasteiger partial charge in [0.1, 0.15) is 5.82 Å². The van der Waals surface area contributed by atoms with E-state index in [9.17, 15) is 9.59 Å². The van der Waals surface area contributed by atoms with Crippen molar-refractivity contribution in [2.24, 2.45) is 7.05 Å². The topological polar surface area (TPSA) is 102 Å². The first-order chi connectivity index (χ1) is 15.4. The van der Waals surface area contributed by atoms with E-state index in [0.717, 1.165) is 27.0 Å². The third-order valence-corrected chi connectivity index (χ3v) is 6.74. The Morgan fingerprint density at radius 3 is 2.66 bits per heavy atom. The van der Waals surface area contributed by atoms with Gasteiger partial charge in [0.05, 0.1) is 22.4 Å². The number of thiazole rings is 1. The van der Waals surface area contributed by atoms with Crippen molar-refractivity contribution in [2.75, 3.05) is 16.4 Å². The number of para-hydroxylation sites is 1. The first-order valence-corrected chi connectivity index (χ1v) is 11.7. The summed E-state index contributed by atoms with van der Waals surface area (Å²) in [5.41, 5.74) is 3.79. The highest BCUT2D eigenvalue weighted by atomic mass is 32.2. The summed E-state index contributed by atoms with van der Waals surface area (Å²) >= 11 is 2.69. The van der Waals surface area contributed by atoms with E-state index in [-0.39, 0.29) is 24.0 Å². The number of hydrogen-bond acceptors (Lipinski definition) is 7. The molecule has 4 aromatic rings. The van der Waals surface area contributed by atoms with Crippen LogP contribution in [0.1, 0.15) is 17.0 Å². The number of benzene rings is 2. The van der Waals surface area contributed by atoms with Crippen molar-refractivity contribution < 1.29 is 9.59 Å². The summed E-state index contributed by atoms with van der Waals surface area (Å²) in [5.74, 6) is 0.349. The van der Waals surface area contributed by atoms with Crippen molar-refractivity contribution in [3.8, 4) is 0 Å². The zero-order valence-electron chi connectivity index (χ0n) is 17.9. The smallest absolute Gasteiger partial charge is 0.236 e. The van der Waals surface area contributed by atoms with Crippen molar-refractivity contribution in [3.05, 3.63) is 59.4 Å². The van der Waals surface area contributed by atoms with Crippen LogP contribution in [0.15, 0.2) is 47.6 Å². The fourth-order valence-electron chi connectivity index (χ4n) is 3.13. The van der Waals surface area contributed by atoms with Gasteiger partial charge in [-0.05, 0) is 37.6 Å². The molecular weight excluding hydrogens is 444 g/mol. The van der Waals surface area contributed by atoms with Gasteiger partial charge in [-0.1, -0.05) is 52.9 Å². The quantitative estimate of drug-likeness (QED) is 0.400. The van der Waals surface area contributed by atoms with Crippen LogP contribution in [0.4, 0.5) is 10.8 Å². The molecule has 0 spiro atoms. The third-order valence-electron chi connectivity index (χ3n) is 4.77. The second-order valence-electron chi connectivity index (χ2n) is 7.32. The van der Waals surface area contributed by atoms with Crippen molar-refractivity contribution in [1.82, 2.24) is 19.7 Å². The van der Waals surface area contributed by atoms with Crippen molar-refractivity contribution in [1.29, 1.82) is 0 Å². The third kappa shape index (κ3) is 5.14. The van der Waals surface area contributed by atoms with Crippen LogP contribution in [-0.2, 0) is 23.1 Å². The summed E-state index contributed by atoms with van der Waals surface area (Å²) in [5, 5.41) is 15.1. The van der Waals surface area contributed by atoms with Crippen LogP contribution in [0.25, 0.3) is 10.2 Å². The van der Waals surface area contributed by atoms with E-state index in [2.05, 4.69) is 25.8 Å². The molecule has 0 radical (unpaired) electrons. The van der Waals surface area contributed by atoms with E-state index < -0.39 is 0 Å². The molecule has 0 atom stereocenters. The number of hydrogen-bond donors (Lipinski definition) is 2. The summed E-state index contributed by atoms with van der Waals surface area (Å²) in [6, 6.07) is 13.6. The van der Waals surface area contributed by atoms with Crippen LogP contribution in [0.5, 0.6) is 0 Å². The van der Waals surface area contributed by atoms with E-state index >= 15 is 0 Å². The normalized spacial score (nSPS) is 11.0. The number of fused-ring (bicyclic) bond motifs is 1. The van der Waals surface area contributed by atoms with Gasteiger partial charge < -0.3 is 15.2 Å². The predicted molar refractivity (Wildman–Crippen MR) is 128 cm³/mol. The van der Waals surface area contributed by atoms with Gasteiger partial charge in [0.25, 0.3) is 0 Å². The Kier molecular flexibility index (Phi) is 6.52. The molecule has 2 aromatic carbocycles. The van der Waals surface area contributed by atoms with E-state index in [4.69, 9.17) is 0 Å². The highest BCUT2D eigenvalue weighted by Crippen LogP contribution is 2.26. The highest BCUT2D eigenvalue weighted by Gasteiger charge is 2.16. The summed E-state index contributed by atoms with van der Waals surface area (Å²) in [6.45, 7) is 3.97. The molecule has 0 saturated heterocycles. The van der Waals surface area contributed by atoms with E-state index in [1.54, 1.807) is 11.6 Å². The van der Waals surface area contributed by atoms with Crippen LogP contribution in [0.3, 0.4) is 0 Å². The maximum absolute atomic E-state index is 12.5. The second-order valence-corrected chi connectivity index (χ2v) is 9.30. The zero-order chi connectivity index (χ0) is 22.7. The Morgan fingerprint density at radius 2 is 1.88 bits per heavy atom. The molecule has 0 aliphatic rings. The van der Waals surface area contributed by atoms with Gasteiger partial charge >= 0.3 is 0 Å². The molecule has 0 aliphatic heterocycles. The molecule has 0 fully saturated rings. The molecule has 2 heterocycles. The minimum Gasteiger partial charge on any atom is -0.325 e. The molecule has 2 aromatic heterocycles. The Morgan fingerprint density at radius 1 is 1.06 bits per heavy atom. The number of rotatable bonds is 7. The number of amides is 2. The van der Waals surface area contributed by atoms with Gasteiger partial charge in [-0.15, -0.1) is 10.2 Å². The van der Waals surface area contributed by atoms with Crippen LogP contribution in [-0.4, -0.2) is 37.3 Å². The van der Waals surface area contributed by atoms with Crippen LogP contribution in [0.2, 0.25) is 0 Å². The van der Waals surface area contributed by atoms with Crippen molar-refractivity contribution in [3.63, 3.8) is 0 Å². The largest absolute Gasteiger partial charge is 0.325 e. The lowest BCUT2D eigenvalue weighted by molar-refractivity contribution is -0.116. The average Bonchev–Trinajstić information content (AvgIpc) is 3.31. The van der Waals surface area contributed by atoms with Crippen molar-refractivity contribution in [2.45, 2.75) is 25.4 Å². The standard InChI is InChI=1S/C22H22N6O2S2/c1-13-8-9-15(14(2)10-13)23-19(29)11-18-26-27-22(28(18)3)31-12-20(30)25-21-24-16-6-4-5-7-17(16)32-21/h4-10H,11-12H2,1-3H3,(H,23,29)(H,24,25,30). The number of aryl methyl sites for hydroxylation is 2. The van der Waals surface area contributed by atoms with Gasteiger partial charge in [0.2, 0.25) is 11.8 Å². The molecular formula is C22H22N6O2S2. The summed E-state index contributed by atoms with van der Waals surface area (Å²) in [7, 11) is 1.79. The highest BCUT2D eigenvalue weighted by molar-refractivity contribution is 7.99. The minimum absolute atomic E-state index is 0.0925. The Hall–Kier alpha value is -3.24. The van der Waals surface area contributed by atoms with Gasteiger partial charge in [0.15, 0.2) is 10.3 Å². The fraction of sp³-hybridized carbons (Fsp3) is 0.227. The molecule has 0 saturated carbocycles. The Balaban J connectivity index is 1.32. The van der Waals surface area contributed by atoms with E-state index in [1.165, 1.54) is 23.1 Å². The molecule has 10 heteroatoms. The molecule has 2 amide bonds. The minimum atomic E-state index is -0.175. The van der Waals surface area contributed by atoms with Gasteiger partial charge in [-0.3, -0.25) is 9.59 Å². The molecule has 2 N–H and O–H groups in total. The van der Waals surface area contributed by atoms with Gasteiger partial charge in [-0.25, -0.2) is 4.98 Å². The lowest BCUT2D eigenvalue weighted by atomic mass is 10.1. The number of carbonyl (C=O) groups excluding carboxylic acids is 2. The summed E-state index contributed by atoms with van der Waals surface area (Å²) in [4.78, 5) is 29.2. The molecule has 164 valence electrons. The van der Waals surface area contributed by atoms with Crippen LogP contribution >= 0.6 is 23.1 Å². The number of thioether (sulfide) groups is 1. The fourth-order valence-corrected chi connectivity index (χ4v) is 4.74. The molecule has 0 aliphatic carbocycles. The molecule has 8 nitrogen and oxygen atoms in total. The van der Waals surface area contributed by atoms with Crippen molar-refractivity contribution >= 4 is 55.9 Å². The van der Waals surface area contributed by atoms with Gasteiger partial charge in [0, 0.05) is 12.7 Å². The maximum Gasteiger partial charge on any atom is 0.236 e. The zero-order valence-corrected chi connectivity index (χ0v) is 19.5. The molecule has 0 bridgehead atoms. The number of nitrogens with one attached hydrogen (secondary N) is 2. The number of nitrogens with zero attached hydrogens (tertiary/aromatic N) is 4. The number of anilines is 2. The average molecular weight is 467 g/mol. The maximum atomic E-state index is 12.5. The lowest BCUT2D eigenvalue weighted by Crippen LogP contribution is -2.18. The van der Waals surface area contributed by atoms with Gasteiger partial charge in [-0.2, -0.15) is 0 Å². The predicted octanol–water partition coefficient (Wildman–Crippen LogP) is 3.95. The van der Waals surface area contributed by atoms with Crippen LogP contribution < -0.4 is 10.6 Å². The summed E-state index contributed by atoms with van der Waals surface area (Å²) < 4.78 is 2.75. The number of aromatic nitrogens is 4. The van der Waals surface area contributed by atoms with E-state index in [0.29, 0.717) is 16.1 Å². The SMILES string of the molecule is Cc1ccc(NC(=O)Cc2nnc(SCC(=O)Nc3nc4ccccc4s3)n2C)c(C)c1. The molecule has 32 heavy (non-hydrogen) atoms. The monoisotopic (exact) mass is 466 g/mol. The first kappa shape index (κ1) is 22.0. The number of carbonyl (C=O) groups is 2. The molecule has 4 rings (SSSR count). The lowest BCUT2D eigenvalue weighted by Gasteiger charge is -2.09. The van der Waals surface area contributed by atoms with E-state index in [1.807, 2.05) is 56.3 Å². The summed E-state index contributed by atoms with van der Waals surface area (Å²) in [6.07, 6.45) is 0.0925. The van der Waals surface area contributed by atoms with Crippen LogP contribution in [0, 0.1) is 13.8 Å². The first-order valence-electron chi connectivity index (χ1n) is 9.92. The second kappa shape index (κ2) is 9.49.